The molecule has 1 aliphatic carbocycles. The van der Waals surface area contributed by atoms with Gasteiger partial charge in [0.05, 0.1) is 16.6 Å². The van der Waals surface area contributed by atoms with Crippen LogP contribution in [0.4, 0.5) is 0 Å². The third-order valence-electron chi connectivity index (χ3n) is 10.2. The van der Waals surface area contributed by atoms with Gasteiger partial charge in [0.25, 0.3) is 0 Å². The number of hydrogen-bond donors (Lipinski definition) is 0. The molecule has 10 rings (SSSR count). The molecular formula is C45H31N5. The Morgan fingerprint density at radius 1 is 0.540 bits per heavy atom. The van der Waals surface area contributed by atoms with Crippen molar-refractivity contribution >= 4 is 54.3 Å². The smallest absolute Gasteiger partial charge is 0.238 e. The summed E-state index contributed by atoms with van der Waals surface area (Å²) < 4.78 is 2.19. The standard InChI is InChI=1S/C45H31N5/c1-45(25-11-2-12-26-45)43-47-42(48-44(49-43)50-40-21-9-7-17-34(40)35-18-8-10-22-41(35)50)36-19-6-5-16-31(36)37-28-38-32(29-14-3-4-15-30(29)37)23-24-39-33(38)20-13-27-46-39/h2-25,27-28H,26H2,1H3/t45-/m0/s1. The lowest BCUT2D eigenvalue weighted by Crippen LogP contribution is -2.25. The van der Waals surface area contributed by atoms with E-state index in [1.807, 2.05) is 12.3 Å². The second-order valence-electron chi connectivity index (χ2n) is 13.3. The van der Waals surface area contributed by atoms with Crippen LogP contribution >= 0.6 is 0 Å². The lowest BCUT2D eigenvalue weighted by Gasteiger charge is -2.26. The Bertz CT molecular complexity index is 2830. The zero-order chi connectivity index (χ0) is 33.2. The van der Waals surface area contributed by atoms with Gasteiger partial charge in [-0.15, -0.1) is 0 Å². The molecule has 0 saturated carbocycles. The molecule has 0 unspecified atom stereocenters. The second kappa shape index (κ2) is 11.0. The maximum absolute atomic E-state index is 5.34. The average Bonchev–Trinajstić information content (AvgIpc) is 3.52. The number of aromatic nitrogens is 5. The molecule has 9 aromatic rings. The zero-order valence-electron chi connectivity index (χ0n) is 27.5. The Kier molecular flexibility index (Phi) is 6.30. The summed E-state index contributed by atoms with van der Waals surface area (Å²) in [4.78, 5) is 20.6. The fourth-order valence-corrected chi connectivity index (χ4v) is 7.75. The van der Waals surface area contributed by atoms with Crippen molar-refractivity contribution in [2.45, 2.75) is 18.8 Å². The normalized spacial score (nSPS) is 15.9. The number of hydrogen-bond acceptors (Lipinski definition) is 4. The minimum absolute atomic E-state index is 0.392. The average molecular weight is 642 g/mol. The number of allylic oxidation sites excluding steroid dienone is 4. The first-order valence-corrected chi connectivity index (χ1v) is 17.0. The predicted molar refractivity (Wildman–Crippen MR) is 206 cm³/mol. The maximum Gasteiger partial charge on any atom is 0.238 e. The van der Waals surface area contributed by atoms with Gasteiger partial charge >= 0.3 is 0 Å². The lowest BCUT2D eigenvalue weighted by molar-refractivity contribution is 0.551. The molecular weight excluding hydrogens is 611 g/mol. The minimum Gasteiger partial charge on any atom is -0.278 e. The van der Waals surface area contributed by atoms with Crippen LogP contribution in [0.3, 0.4) is 0 Å². The molecule has 0 bridgehead atoms. The van der Waals surface area contributed by atoms with Gasteiger partial charge in [-0.25, -0.2) is 4.98 Å². The van der Waals surface area contributed by atoms with Gasteiger partial charge in [-0.3, -0.25) is 9.55 Å². The van der Waals surface area contributed by atoms with Gasteiger partial charge in [-0.2, -0.15) is 9.97 Å². The molecule has 5 heteroatoms. The highest BCUT2D eigenvalue weighted by atomic mass is 15.2. The van der Waals surface area contributed by atoms with Crippen LogP contribution in [-0.2, 0) is 5.41 Å². The Morgan fingerprint density at radius 2 is 1.20 bits per heavy atom. The fourth-order valence-electron chi connectivity index (χ4n) is 7.75. The van der Waals surface area contributed by atoms with Crippen LogP contribution in [0.15, 0.2) is 158 Å². The molecule has 6 aromatic carbocycles. The van der Waals surface area contributed by atoms with Crippen molar-refractivity contribution in [1.82, 2.24) is 24.5 Å². The van der Waals surface area contributed by atoms with E-state index in [4.69, 9.17) is 15.0 Å². The summed E-state index contributed by atoms with van der Waals surface area (Å²) in [5, 5.41) is 8.24. The second-order valence-corrected chi connectivity index (χ2v) is 13.3. The van der Waals surface area contributed by atoms with Crippen LogP contribution in [0, 0.1) is 0 Å². The quantitative estimate of drug-likeness (QED) is 0.179. The van der Waals surface area contributed by atoms with E-state index in [1.165, 1.54) is 32.3 Å². The highest BCUT2D eigenvalue weighted by molar-refractivity contribution is 6.21. The summed E-state index contributed by atoms with van der Waals surface area (Å²) in [5.41, 5.74) is 5.88. The number of pyridine rings is 1. The first kappa shape index (κ1) is 28.5. The lowest BCUT2D eigenvalue weighted by atomic mass is 9.83. The summed E-state index contributed by atoms with van der Waals surface area (Å²) in [6, 6.07) is 45.0. The molecule has 5 nitrogen and oxygen atoms in total. The topological polar surface area (TPSA) is 56.5 Å². The zero-order valence-corrected chi connectivity index (χ0v) is 27.5. The van der Waals surface area contributed by atoms with E-state index in [0.717, 1.165) is 50.9 Å². The number of para-hydroxylation sites is 2. The van der Waals surface area contributed by atoms with Crippen LogP contribution in [-0.4, -0.2) is 24.5 Å². The van der Waals surface area contributed by atoms with Gasteiger partial charge in [0.15, 0.2) is 5.82 Å². The molecule has 236 valence electrons. The number of fused-ring (bicyclic) bond motifs is 8. The van der Waals surface area contributed by atoms with Crippen molar-refractivity contribution in [1.29, 1.82) is 0 Å². The van der Waals surface area contributed by atoms with Gasteiger partial charge in [-0.1, -0.05) is 121 Å². The molecule has 0 fully saturated rings. The first-order valence-electron chi connectivity index (χ1n) is 17.0. The number of rotatable bonds is 4. The number of benzene rings is 6. The van der Waals surface area contributed by atoms with Crippen LogP contribution in [0.25, 0.3) is 82.7 Å². The summed E-state index contributed by atoms with van der Waals surface area (Å²) >= 11 is 0. The maximum atomic E-state index is 5.34. The highest BCUT2D eigenvalue weighted by Crippen LogP contribution is 2.42. The van der Waals surface area contributed by atoms with E-state index in [0.29, 0.717) is 11.8 Å². The molecule has 3 aromatic heterocycles. The van der Waals surface area contributed by atoms with Crippen LogP contribution < -0.4 is 0 Å². The van der Waals surface area contributed by atoms with Gasteiger partial charge in [-0.05, 0) is 76.3 Å². The summed E-state index contributed by atoms with van der Waals surface area (Å²) in [6.45, 7) is 2.21. The van der Waals surface area contributed by atoms with Crippen molar-refractivity contribution in [2.24, 2.45) is 0 Å². The molecule has 0 aliphatic heterocycles. The van der Waals surface area contributed by atoms with E-state index >= 15 is 0 Å². The third-order valence-corrected chi connectivity index (χ3v) is 10.2. The van der Waals surface area contributed by atoms with E-state index in [9.17, 15) is 0 Å². The van der Waals surface area contributed by atoms with Crippen molar-refractivity contribution in [3.63, 3.8) is 0 Å². The number of nitrogens with zero attached hydrogens (tertiary/aromatic N) is 5. The SMILES string of the molecule is C[C@]1(c2nc(-c3ccccc3-c3cc4c5cccnc5ccc4c4ccccc34)nc(-n3c4ccccc4c4ccccc43)n2)C=CC=CC1. The minimum atomic E-state index is -0.392. The van der Waals surface area contributed by atoms with Gasteiger partial charge < -0.3 is 0 Å². The Balaban J connectivity index is 1.28. The molecule has 0 saturated heterocycles. The van der Waals surface area contributed by atoms with Crippen LogP contribution in [0.1, 0.15) is 19.2 Å². The Labute approximate surface area is 288 Å². The van der Waals surface area contributed by atoms with E-state index in [-0.39, 0.29) is 0 Å². The van der Waals surface area contributed by atoms with Gasteiger partial charge in [0, 0.05) is 33.3 Å². The molecule has 50 heavy (non-hydrogen) atoms. The molecule has 1 aliphatic rings. The largest absolute Gasteiger partial charge is 0.278 e. The van der Waals surface area contributed by atoms with E-state index in [1.54, 1.807) is 0 Å². The molecule has 0 spiro atoms. The summed E-state index contributed by atoms with van der Waals surface area (Å²) in [5.74, 6) is 2.01. The summed E-state index contributed by atoms with van der Waals surface area (Å²) in [7, 11) is 0. The highest BCUT2D eigenvalue weighted by Gasteiger charge is 2.30. The van der Waals surface area contributed by atoms with E-state index < -0.39 is 5.41 Å². The van der Waals surface area contributed by atoms with E-state index in [2.05, 4.69) is 162 Å². The molecule has 1 atom stereocenters. The van der Waals surface area contributed by atoms with Gasteiger partial charge in [0.2, 0.25) is 5.95 Å². The predicted octanol–water partition coefficient (Wildman–Crippen LogP) is 10.9. The Hall–Kier alpha value is -6.46. The van der Waals surface area contributed by atoms with Crippen molar-refractivity contribution < 1.29 is 0 Å². The van der Waals surface area contributed by atoms with Crippen molar-refractivity contribution in [3.8, 4) is 28.5 Å². The molecule has 0 amide bonds. The molecule has 0 radical (unpaired) electrons. The first-order chi connectivity index (χ1) is 24.7. The summed E-state index contributed by atoms with van der Waals surface area (Å²) in [6.07, 6.45) is 11.3. The third kappa shape index (κ3) is 4.33. The van der Waals surface area contributed by atoms with Crippen LogP contribution in [0.5, 0.6) is 0 Å². The Morgan fingerprint density at radius 3 is 1.96 bits per heavy atom. The fraction of sp³-hybridized carbons (Fsp3) is 0.0667. The monoisotopic (exact) mass is 641 g/mol. The molecule has 0 N–H and O–H groups in total. The van der Waals surface area contributed by atoms with Gasteiger partial charge in [0.1, 0.15) is 5.82 Å². The van der Waals surface area contributed by atoms with Crippen molar-refractivity contribution in [2.75, 3.05) is 0 Å². The van der Waals surface area contributed by atoms with Crippen molar-refractivity contribution in [3.05, 3.63) is 164 Å². The molecule has 3 heterocycles. The van der Waals surface area contributed by atoms with Crippen LogP contribution in [0.2, 0.25) is 0 Å².